The van der Waals surface area contributed by atoms with Gasteiger partial charge in [0.25, 0.3) is 0 Å². The lowest BCUT2D eigenvalue weighted by Gasteiger charge is -2.14. The summed E-state index contributed by atoms with van der Waals surface area (Å²) in [6.45, 7) is 6.38. The molecule has 0 aromatic heterocycles. The second-order valence-electron chi connectivity index (χ2n) is 4.41. The SMILES string of the molecule is CC(C)C(C)SCc1cc(F)cc(C(=O)O)c1. The summed E-state index contributed by atoms with van der Waals surface area (Å²) in [5.74, 6) is -0.393. The van der Waals surface area contributed by atoms with E-state index in [1.54, 1.807) is 11.8 Å². The fourth-order valence-corrected chi connectivity index (χ4v) is 2.28. The van der Waals surface area contributed by atoms with Gasteiger partial charge in [0.1, 0.15) is 5.82 Å². The highest BCUT2D eigenvalue weighted by molar-refractivity contribution is 7.99. The fourth-order valence-electron chi connectivity index (χ4n) is 1.28. The first kappa shape index (κ1) is 14.0. The molecular formula is C13H17FO2S. The quantitative estimate of drug-likeness (QED) is 0.870. The van der Waals surface area contributed by atoms with E-state index in [-0.39, 0.29) is 5.56 Å². The average Bonchev–Trinajstić information content (AvgIpc) is 2.24. The molecule has 0 radical (unpaired) electrons. The first-order valence-corrected chi connectivity index (χ1v) is 6.59. The molecule has 1 unspecified atom stereocenters. The molecular weight excluding hydrogens is 239 g/mol. The number of thioether (sulfide) groups is 1. The van der Waals surface area contributed by atoms with Crippen LogP contribution >= 0.6 is 11.8 Å². The topological polar surface area (TPSA) is 37.3 Å². The number of rotatable bonds is 5. The smallest absolute Gasteiger partial charge is 0.335 e. The highest BCUT2D eigenvalue weighted by Crippen LogP contribution is 2.24. The Bertz CT molecular complexity index is 404. The van der Waals surface area contributed by atoms with E-state index in [0.717, 1.165) is 11.6 Å². The van der Waals surface area contributed by atoms with E-state index in [1.807, 2.05) is 0 Å². The van der Waals surface area contributed by atoms with Crippen LogP contribution in [0, 0.1) is 11.7 Å². The maximum absolute atomic E-state index is 13.2. The molecule has 0 fully saturated rings. The summed E-state index contributed by atoms with van der Waals surface area (Å²) in [6, 6.07) is 3.97. The molecule has 94 valence electrons. The lowest BCUT2D eigenvalue weighted by Crippen LogP contribution is -2.06. The largest absolute Gasteiger partial charge is 0.478 e. The van der Waals surface area contributed by atoms with Crippen molar-refractivity contribution in [3.63, 3.8) is 0 Å². The second-order valence-corrected chi connectivity index (χ2v) is 5.78. The zero-order chi connectivity index (χ0) is 13.0. The van der Waals surface area contributed by atoms with Crippen LogP contribution in [-0.4, -0.2) is 16.3 Å². The molecule has 1 aromatic carbocycles. The monoisotopic (exact) mass is 256 g/mol. The van der Waals surface area contributed by atoms with Gasteiger partial charge in [0, 0.05) is 11.0 Å². The van der Waals surface area contributed by atoms with E-state index in [9.17, 15) is 9.18 Å². The summed E-state index contributed by atoms with van der Waals surface area (Å²) >= 11 is 1.71. The minimum Gasteiger partial charge on any atom is -0.478 e. The van der Waals surface area contributed by atoms with Crippen molar-refractivity contribution in [3.8, 4) is 0 Å². The highest BCUT2D eigenvalue weighted by atomic mass is 32.2. The summed E-state index contributed by atoms with van der Waals surface area (Å²) in [6.07, 6.45) is 0. The van der Waals surface area contributed by atoms with E-state index in [2.05, 4.69) is 20.8 Å². The van der Waals surface area contributed by atoms with E-state index < -0.39 is 11.8 Å². The molecule has 0 heterocycles. The lowest BCUT2D eigenvalue weighted by molar-refractivity contribution is 0.0696. The number of halogens is 1. The Labute approximate surface area is 105 Å². The number of benzene rings is 1. The van der Waals surface area contributed by atoms with Gasteiger partial charge in [-0.25, -0.2) is 9.18 Å². The first-order valence-electron chi connectivity index (χ1n) is 5.54. The predicted molar refractivity (Wildman–Crippen MR) is 69.0 cm³/mol. The number of carboxylic acids is 1. The molecule has 0 bridgehead atoms. The van der Waals surface area contributed by atoms with Crippen LogP contribution in [0.2, 0.25) is 0 Å². The van der Waals surface area contributed by atoms with E-state index in [0.29, 0.717) is 16.9 Å². The van der Waals surface area contributed by atoms with Crippen LogP contribution in [0.1, 0.15) is 36.7 Å². The van der Waals surface area contributed by atoms with Crippen LogP contribution in [0.15, 0.2) is 18.2 Å². The zero-order valence-electron chi connectivity index (χ0n) is 10.2. The molecule has 2 nitrogen and oxygen atoms in total. The van der Waals surface area contributed by atoms with Gasteiger partial charge in [0.05, 0.1) is 5.56 Å². The minimum absolute atomic E-state index is 0.0119. The van der Waals surface area contributed by atoms with E-state index in [1.165, 1.54) is 12.1 Å². The number of carboxylic acid groups (broad SMARTS) is 1. The molecule has 0 amide bonds. The Balaban J connectivity index is 2.74. The molecule has 0 aliphatic heterocycles. The van der Waals surface area contributed by atoms with Crippen molar-refractivity contribution in [2.45, 2.75) is 31.8 Å². The summed E-state index contributed by atoms with van der Waals surface area (Å²) in [5.41, 5.74) is 0.734. The van der Waals surface area contributed by atoms with Crippen LogP contribution in [0.3, 0.4) is 0 Å². The Morgan fingerprint density at radius 3 is 2.53 bits per heavy atom. The van der Waals surface area contributed by atoms with E-state index >= 15 is 0 Å². The molecule has 0 spiro atoms. The molecule has 17 heavy (non-hydrogen) atoms. The third-order valence-electron chi connectivity index (χ3n) is 2.66. The van der Waals surface area contributed by atoms with Crippen molar-refractivity contribution in [2.75, 3.05) is 0 Å². The molecule has 0 saturated carbocycles. The van der Waals surface area contributed by atoms with Crippen molar-refractivity contribution >= 4 is 17.7 Å². The zero-order valence-corrected chi connectivity index (χ0v) is 11.1. The van der Waals surface area contributed by atoms with Gasteiger partial charge >= 0.3 is 5.97 Å². The van der Waals surface area contributed by atoms with Gasteiger partial charge in [-0.2, -0.15) is 11.8 Å². The molecule has 0 saturated heterocycles. The third-order valence-corrected chi connectivity index (χ3v) is 4.23. The average molecular weight is 256 g/mol. The Morgan fingerprint density at radius 1 is 1.35 bits per heavy atom. The molecule has 0 aliphatic carbocycles. The summed E-state index contributed by atoms with van der Waals surface area (Å²) in [5, 5.41) is 9.29. The fraction of sp³-hybridized carbons (Fsp3) is 0.462. The van der Waals surface area contributed by atoms with Gasteiger partial charge in [-0.15, -0.1) is 0 Å². The maximum atomic E-state index is 13.2. The molecule has 1 atom stereocenters. The molecule has 1 aromatic rings. The number of aromatic carboxylic acids is 1. The van der Waals surface area contributed by atoms with Gasteiger partial charge in [-0.3, -0.25) is 0 Å². The van der Waals surface area contributed by atoms with Gasteiger partial charge < -0.3 is 5.11 Å². The Morgan fingerprint density at radius 2 is 2.00 bits per heavy atom. The van der Waals surface area contributed by atoms with Crippen molar-refractivity contribution in [1.82, 2.24) is 0 Å². The molecule has 4 heteroatoms. The Kier molecular flexibility index (Phi) is 5.00. The first-order chi connectivity index (χ1) is 7.90. The van der Waals surface area contributed by atoms with Crippen LogP contribution in [0.4, 0.5) is 4.39 Å². The van der Waals surface area contributed by atoms with Gasteiger partial charge in [0.15, 0.2) is 0 Å². The highest BCUT2D eigenvalue weighted by Gasteiger charge is 2.10. The number of carbonyl (C=O) groups is 1. The normalized spacial score (nSPS) is 12.8. The third kappa shape index (κ3) is 4.38. The van der Waals surface area contributed by atoms with Gasteiger partial charge in [-0.05, 0) is 29.7 Å². The lowest BCUT2D eigenvalue weighted by atomic mass is 10.1. The van der Waals surface area contributed by atoms with Gasteiger partial charge in [0.2, 0.25) is 0 Å². The van der Waals surface area contributed by atoms with E-state index in [4.69, 9.17) is 5.11 Å². The van der Waals surface area contributed by atoms with Crippen molar-refractivity contribution < 1.29 is 14.3 Å². The van der Waals surface area contributed by atoms with Gasteiger partial charge in [-0.1, -0.05) is 20.8 Å². The number of hydrogen-bond acceptors (Lipinski definition) is 2. The predicted octanol–water partition coefficient (Wildman–Crippen LogP) is 3.80. The molecule has 1 N–H and O–H groups in total. The van der Waals surface area contributed by atoms with Crippen LogP contribution in [-0.2, 0) is 5.75 Å². The van der Waals surface area contributed by atoms with Crippen molar-refractivity contribution in [1.29, 1.82) is 0 Å². The van der Waals surface area contributed by atoms with Crippen molar-refractivity contribution in [2.24, 2.45) is 5.92 Å². The summed E-state index contributed by atoms with van der Waals surface area (Å²) in [7, 11) is 0. The summed E-state index contributed by atoms with van der Waals surface area (Å²) in [4.78, 5) is 10.8. The molecule has 0 aliphatic rings. The van der Waals surface area contributed by atoms with Crippen LogP contribution in [0.5, 0.6) is 0 Å². The van der Waals surface area contributed by atoms with Crippen LogP contribution < -0.4 is 0 Å². The summed E-state index contributed by atoms with van der Waals surface area (Å²) < 4.78 is 13.2. The van der Waals surface area contributed by atoms with Crippen molar-refractivity contribution in [3.05, 3.63) is 35.1 Å². The number of hydrogen-bond donors (Lipinski definition) is 1. The molecule has 1 rings (SSSR count). The Hall–Kier alpha value is -1.03. The minimum atomic E-state index is -1.09. The maximum Gasteiger partial charge on any atom is 0.335 e. The second kappa shape index (κ2) is 6.05. The van der Waals surface area contributed by atoms with Crippen LogP contribution in [0.25, 0.3) is 0 Å². The standard InChI is InChI=1S/C13H17FO2S/c1-8(2)9(3)17-7-10-4-11(13(15)16)6-12(14)5-10/h4-6,8-9H,7H2,1-3H3,(H,15,16).